The number of carboxylic acid groups (broad SMARTS) is 1. The van der Waals surface area contributed by atoms with Gasteiger partial charge in [-0.1, -0.05) is 11.6 Å². The first-order valence-electron chi connectivity index (χ1n) is 7.08. The van der Waals surface area contributed by atoms with Crippen molar-refractivity contribution in [2.45, 2.75) is 32.2 Å². The van der Waals surface area contributed by atoms with Crippen molar-refractivity contribution in [3.8, 4) is 0 Å². The van der Waals surface area contributed by atoms with E-state index in [1.165, 1.54) is 4.90 Å². The molecule has 1 aliphatic heterocycles. The highest BCUT2D eigenvalue weighted by Crippen LogP contribution is 2.34. The van der Waals surface area contributed by atoms with Crippen LogP contribution in [0.1, 0.15) is 35.9 Å². The zero-order valence-electron chi connectivity index (χ0n) is 12.4. The predicted molar refractivity (Wildman–Crippen MR) is 82.3 cm³/mol. The molecule has 6 heteroatoms. The molecule has 5 nitrogen and oxygen atoms in total. The van der Waals surface area contributed by atoms with Crippen molar-refractivity contribution < 1.29 is 19.1 Å². The molecule has 1 atom stereocenters. The monoisotopic (exact) mass is 321 g/mol. The third kappa shape index (κ3) is 2.08. The van der Waals surface area contributed by atoms with Crippen molar-refractivity contribution in [2.75, 3.05) is 6.54 Å². The molecule has 1 N–H and O–H groups in total. The van der Waals surface area contributed by atoms with E-state index in [0.717, 1.165) is 5.39 Å². The molecule has 0 saturated carbocycles. The standard InChI is InChI=1S/C16H16ClNO4/c1-9-11-8-10(17)4-5-12(11)22-13(9)14(19)18-7-3-6-16(18,2)15(20)21/h4-5,8H,3,6-7H2,1-2H3,(H,20,21). The Labute approximate surface area is 132 Å². The van der Waals surface area contributed by atoms with Gasteiger partial charge in [0.1, 0.15) is 11.1 Å². The van der Waals surface area contributed by atoms with Crippen LogP contribution < -0.4 is 0 Å². The number of fused-ring (bicyclic) bond motifs is 1. The van der Waals surface area contributed by atoms with E-state index in [2.05, 4.69) is 0 Å². The summed E-state index contributed by atoms with van der Waals surface area (Å²) < 4.78 is 5.66. The Kier molecular flexibility index (Phi) is 3.40. The lowest BCUT2D eigenvalue weighted by atomic mass is 9.99. The second kappa shape index (κ2) is 5.02. The van der Waals surface area contributed by atoms with Gasteiger partial charge in [0.25, 0.3) is 5.91 Å². The van der Waals surface area contributed by atoms with Crippen LogP contribution in [0.15, 0.2) is 22.6 Å². The third-order valence-corrected chi connectivity index (χ3v) is 4.67. The Balaban J connectivity index is 2.06. The summed E-state index contributed by atoms with van der Waals surface area (Å²) >= 11 is 5.98. The molecule has 22 heavy (non-hydrogen) atoms. The van der Waals surface area contributed by atoms with Gasteiger partial charge >= 0.3 is 5.97 Å². The number of carbonyl (C=O) groups is 2. The highest BCUT2D eigenvalue weighted by Gasteiger charge is 2.47. The smallest absolute Gasteiger partial charge is 0.329 e. The normalized spacial score (nSPS) is 21.5. The summed E-state index contributed by atoms with van der Waals surface area (Å²) in [5.41, 5.74) is 0.0729. The van der Waals surface area contributed by atoms with Crippen molar-refractivity contribution in [1.82, 2.24) is 4.90 Å². The second-order valence-electron chi connectivity index (χ2n) is 5.84. The average Bonchev–Trinajstić information content (AvgIpc) is 3.01. The summed E-state index contributed by atoms with van der Waals surface area (Å²) in [5, 5.41) is 10.8. The summed E-state index contributed by atoms with van der Waals surface area (Å²) in [7, 11) is 0. The minimum atomic E-state index is -1.18. The van der Waals surface area contributed by atoms with E-state index in [-0.39, 0.29) is 11.7 Å². The van der Waals surface area contributed by atoms with Gasteiger partial charge in [0.05, 0.1) is 0 Å². The van der Waals surface area contributed by atoms with Crippen molar-refractivity contribution in [1.29, 1.82) is 0 Å². The van der Waals surface area contributed by atoms with Gasteiger partial charge in [0.15, 0.2) is 5.76 Å². The van der Waals surface area contributed by atoms with E-state index in [4.69, 9.17) is 16.0 Å². The molecule has 2 heterocycles. The van der Waals surface area contributed by atoms with Crippen molar-refractivity contribution in [2.24, 2.45) is 0 Å². The van der Waals surface area contributed by atoms with Crippen LogP contribution in [-0.2, 0) is 4.79 Å². The molecule has 0 radical (unpaired) electrons. The fraction of sp³-hybridized carbons (Fsp3) is 0.375. The topological polar surface area (TPSA) is 70.8 Å². The minimum absolute atomic E-state index is 0.187. The van der Waals surface area contributed by atoms with Crippen molar-refractivity contribution >= 4 is 34.4 Å². The molecule has 1 fully saturated rings. The van der Waals surface area contributed by atoms with Crippen LogP contribution in [0.25, 0.3) is 11.0 Å². The van der Waals surface area contributed by atoms with Gasteiger partial charge in [-0.05, 0) is 44.9 Å². The Morgan fingerprint density at radius 3 is 2.82 bits per heavy atom. The first-order chi connectivity index (χ1) is 10.3. The molecule has 116 valence electrons. The average molecular weight is 322 g/mol. The summed E-state index contributed by atoms with van der Waals surface area (Å²) in [5.74, 6) is -1.19. The number of likely N-dealkylation sites (tertiary alicyclic amines) is 1. The lowest BCUT2D eigenvalue weighted by Crippen LogP contribution is -2.50. The number of carboxylic acids is 1. The maximum atomic E-state index is 12.8. The highest BCUT2D eigenvalue weighted by atomic mass is 35.5. The largest absolute Gasteiger partial charge is 0.480 e. The van der Waals surface area contributed by atoms with Crippen LogP contribution >= 0.6 is 11.6 Å². The van der Waals surface area contributed by atoms with E-state index >= 15 is 0 Å². The maximum absolute atomic E-state index is 12.8. The SMILES string of the molecule is Cc1c(C(=O)N2CCCC2(C)C(=O)O)oc2ccc(Cl)cc12. The molecular weight excluding hydrogens is 306 g/mol. The van der Waals surface area contributed by atoms with Gasteiger partial charge in [-0.25, -0.2) is 4.79 Å². The molecular formula is C16H16ClNO4. The van der Waals surface area contributed by atoms with Gasteiger partial charge in [-0.15, -0.1) is 0 Å². The molecule has 1 aromatic carbocycles. The van der Waals surface area contributed by atoms with E-state index < -0.39 is 11.5 Å². The molecule has 1 unspecified atom stereocenters. The number of hydrogen-bond acceptors (Lipinski definition) is 3. The number of hydrogen-bond donors (Lipinski definition) is 1. The van der Waals surface area contributed by atoms with Gasteiger partial charge in [-0.3, -0.25) is 4.79 Å². The fourth-order valence-corrected chi connectivity index (χ4v) is 3.20. The number of furan rings is 1. The number of nitrogens with zero attached hydrogens (tertiary/aromatic N) is 1. The van der Waals surface area contributed by atoms with Crippen LogP contribution in [0.5, 0.6) is 0 Å². The van der Waals surface area contributed by atoms with E-state index in [9.17, 15) is 14.7 Å². The zero-order chi connectivity index (χ0) is 16.1. The summed E-state index contributed by atoms with van der Waals surface area (Å²) in [6.45, 7) is 3.78. The van der Waals surface area contributed by atoms with E-state index in [1.54, 1.807) is 32.0 Å². The molecule has 0 spiro atoms. The number of amides is 1. The number of carbonyl (C=O) groups excluding carboxylic acids is 1. The predicted octanol–water partition coefficient (Wildman–Crippen LogP) is 3.47. The number of rotatable bonds is 2. The summed E-state index contributed by atoms with van der Waals surface area (Å²) in [4.78, 5) is 25.7. The maximum Gasteiger partial charge on any atom is 0.329 e. The zero-order valence-corrected chi connectivity index (χ0v) is 13.1. The minimum Gasteiger partial charge on any atom is -0.480 e. The molecule has 0 aliphatic carbocycles. The Morgan fingerprint density at radius 1 is 1.41 bits per heavy atom. The van der Waals surface area contributed by atoms with Gasteiger partial charge in [0, 0.05) is 22.5 Å². The second-order valence-corrected chi connectivity index (χ2v) is 6.27. The fourth-order valence-electron chi connectivity index (χ4n) is 3.03. The number of halogens is 1. The van der Waals surface area contributed by atoms with Crippen molar-refractivity contribution in [3.63, 3.8) is 0 Å². The molecule has 1 aromatic heterocycles. The molecule has 1 aliphatic rings. The Morgan fingerprint density at radius 2 is 2.14 bits per heavy atom. The molecule has 1 saturated heterocycles. The number of aryl methyl sites for hydroxylation is 1. The van der Waals surface area contributed by atoms with Gasteiger partial charge in [0.2, 0.25) is 0 Å². The van der Waals surface area contributed by atoms with Crippen LogP contribution in [0.3, 0.4) is 0 Å². The highest BCUT2D eigenvalue weighted by molar-refractivity contribution is 6.31. The molecule has 2 aromatic rings. The Bertz CT molecular complexity index is 782. The quantitative estimate of drug-likeness (QED) is 0.919. The van der Waals surface area contributed by atoms with Crippen LogP contribution in [0, 0.1) is 6.92 Å². The molecule has 3 rings (SSSR count). The van der Waals surface area contributed by atoms with Crippen LogP contribution in [0.4, 0.5) is 0 Å². The van der Waals surface area contributed by atoms with Crippen LogP contribution in [-0.4, -0.2) is 34.0 Å². The number of benzene rings is 1. The first-order valence-corrected chi connectivity index (χ1v) is 7.46. The molecule has 1 amide bonds. The summed E-state index contributed by atoms with van der Waals surface area (Å²) in [6.07, 6.45) is 1.11. The van der Waals surface area contributed by atoms with Gasteiger partial charge in [-0.2, -0.15) is 0 Å². The van der Waals surface area contributed by atoms with Gasteiger partial charge < -0.3 is 14.4 Å². The van der Waals surface area contributed by atoms with E-state index in [0.29, 0.717) is 35.6 Å². The summed E-state index contributed by atoms with van der Waals surface area (Å²) in [6, 6.07) is 5.15. The van der Waals surface area contributed by atoms with Crippen LogP contribution in [0.2, 0.25) is 5.02 Å². The number of aliphatic carboxylic acids is 1. The lowest BCUT2D eigenvalue weighted by Gasteiger charge is -2.30. The molecule has 0 bridgehead atoms. The lowest BCUT2D eigenvalue weighted by molar-refractivity contribution is -0.147. The third-order valence-electron chi connectivity index (χ3n) is 4.44. The first kappa shape index (κ1) is 14.9. The Hall–Kier alpha value is -2.01. The van der Waals surface area contributed by atoms with Crippen molar-refractivity contribution in [3.05, 3.63) is 34.5 Å². The van der Waals surface area contributed by atoms with E-state index in [1.807, 2.05) is 0 Å².